The molecular weight excluding hydrogens is 204 g/mol. The Morgan fingerprint density at radius 1 is 1.36 bits per heavy atom. The summed E-state index contributed by atoms with van der Waals surface area (Å²) in [7, 11) is 0. The van der Waals surface area contributed by atoms with E-state index >= 15 is 0 Å². The van der Waals surface area contributed by atoms with Gasteiger partial charge < -0.3 is 9.29 Å². The Morgan fingerprint density at radius 3 is 2.86 bits per heavy atom. The van der Waals surface area contributed by atoms with Crippen molar-refractivity contribution in [2.45, 2.75) is 17.7 Å². The first-order chi connectivity index (χ1) is 6.66. The van der Waals surface area contributed by atoms with Gasteiger partial charge in [-0.05, 0) is 41.3 Å². The van der Waals surface area contributed by atoms with Crippen molar-refractivity contribution >= 4 is 17.0 Å². The maximum Gasteiger partial charge on any atom is 0.311 e. The van der Waals surface area contributed by atoms with Crippen LogP contribution in [0.3, 0.4) is 0 Å². The Kier molecular flexibility index (Phi) is 2.35. The predicted molar refractivity (Wildman–Crippen MR) is 47.6 cm³/mol. The average molecular weight is 211 g/mol. The van der Waals surface area contributed by atoms with Crippen LogP contribution in [0.25, 0.3) is 0 Å². The molecule has 1 atom stereocenters. The SMILES string of the molecule is O=C1CCc2cc(S(=O)[O-])ccc2O1. The van der Waals surface area contributed by atoms with E-state index in [2.05, 4.69) is 0 Å². The topological polar surface area (TPSA) is 66.4 Å². The number of fused-ring (bicyclic) bond motifs is 1. The summed E-state index contributed by atoms with van der Waals surface area (Å²) in [6.07, 6.45) is 0.848. The summed E-state index contributed by atoms with van der Waals surface area (Å²) in [5.41, 5.74) is 0.770. The maximum atomic E-state index is 10.9. The van der Waals surface area contributed by atoms with Crippen LogP contribution in [-0.4, -0.2) is 14.7 Å². The van der Waals surface area contributed by atoms with Crippen LogP contribution in [0.4, 0.5) is 0 Å². The van der Waals surface area contributed by atoms with Crippen molar-refractivity contribution in [2.75, 3.05) is 0 Å². The summed E-state index contributed by atoms with van der Waals surface area (Å²) >= 11 is -2.23. The predicted octanol–water partition coefficient (Wildman–Crippen LogP) is 0.776. The van der Waals surface area contributed by atoms with E-state index in [0.717, 1.165) is 5.56 Å². The Morgan fingerprint density at radius 2 is 2.14 bits per heavy atom. The van der Waals surface area contributed by atoms with Gasteiger partial charge in [-0.2, -0.15) is 0 Å². The van der Waals surface area contributed by atoms with Crippen molar-refractivity contribution in [1.29, 1.82) is 0 Å². The third kappa shape index (κ3) is 1.69. The minimum Gasteiger partial charge on any atom is -0.768 e. The molecule has 1 aromatic carbocycles. The molecule has 5 heteroatoms. The molecule has 1 aromatic rings. The van der Waals surface area contributed by atoms with Gasteiger partial charge in [0.2, 0.25) is 0 Å². The highest BCUT2D eigenvalue weighted by Gasteiger charge is 2.16. The van der Waals surface area contributed by atoms with E-state index in [0.29, 0.717) is 18.6 Å². The molecule has 1 aliphatic rings. The molecule has 1 unspecified atom stereocenters. The molecule has 0 saturated heterocycles. The van der Waals surface area contributed by atoms with Crippen LogP contribution in [0.15, 0.2) is 23.1 Å². The zero-order chi connectivity index (χ0) is 10.1. The number of carbonyl (C=O) groups excluding carboxylic acids is 1. The van der Waals surface area contributed by atoms with E-state index in [1.807, 2.05) is 0 Å². The van der Waals surface area contributed by atoms with Gasteiger partial charge in [-0.1, -0.05) is 0 Å². The van der Waals surface area contributed by atoms with Crippen molar-refractivity contribution in [3.8, 4) is 5.75 Å². The Labute approximate surface area is 83.2 Å². The van der Waals surface area contributed by atoms with Crippen LogP contribution in [0.1, 0.15) is 12.0 Å². The normalized spacial score (nSPS) is 17.1. The molecule has 0 radical (unpaired) electrons. The molecule has 1 heterocycles. The molecule has 4 nitrogen and oxygen atoms in total. The molecule has 0 aliphatic carbocycles. The number of esters is 1. The molecular formula is C9H7O4S-. The van der Waals surface area contributed by atoms with Crippen LogP contribution >= 0.6 is 0 Å². The van der Waals surface area contributed by atoms with Crippen molar-refractivity contribution < 1.29 is 18.3 Å². The largest absolute Gasteiger partial charge is 0.768 e. The molecule has 0 amide bonds. The van der Waals surface area contributed by atoms with Crippen LogP contribution in [0.2, 0.25) is 0 Å². The number of carbonyl (C=O) groups is 1. The smallest absolute Gasteiger partial charge is 0.311 e. The molecule has 0 fully saturated rings. The number of hydrogen-bond acceptors (Lipinski definition) is 4. The molecule has 0 N–H and O–H groups in total. The molecule has 14 heavy (non-hydrogen) atoms. The van der Waals surface area contributed by atoms with Crippen LogP contribution < -0.4 is 4.74 Å². The zero-order valence-electron chi connectivity index (χ0n) is 7.19. The first-order valence-electron chi connectivity index (χ1n) is 4.09. The first kappa shape index (κ1) is 9.36. The fourth-order valence-corrected chi connectivity index (χ4v) is 1.78. The first-order valence-corrected chi connectivity index (χ1v) is 5.17. The molecule has 0 bridgehead atoms. The van der Waals surface area contributed by atoms with Gasteiger partial charge in [0.05, 0.1) is 6.42 Å². The molecule has 0 saturated carbocycles. The summed E-state index contributed by atoms with van der Waals surface area (Å²) in [5.74, 6) is 0.198. The van der Waals surface area contributed by atoms with Crippen LogP contribution in [0, 0.1) is 0 Å². The summed E-state index contributed by atoms with van der Waals surface area (Å²) in [6.45, 7) is 0. The van der Waals surface area contributed by atoms with Gasteiger partial charge in [0.1, 0.15) is 5.75 Å². The molecule has 2 rings (SSSR count). The monoisotopic (exact) mass is 211 g/mol. The van der Waals surface area contributed by atoms with E-state index < -0.39 is 11.1 Å². The third-order valence-corrected chi connectivity index (χ3v) is 2.69. The number of aryl methyl sites for hydroxylation is 1. The molecule has 0 spiro atoms. The van der Waals surface area contributed by atoms with E-state index in [9.17, 15) is 13.6 Å². The maximum absolute atomic E-state index is 10.9. The standard InChI is InChI=1S/C9H8O4S/c10-9-4-1-6-5-7(14(11)12)2-3-8(6)13-9/h2-3,5H,1,4H2,(H,11,12)/p-1. The summed E-state index contributed by atoms with van der Waals surface area (Å²) < 4.78 is 26.2. The summed E-state index contributed by atoms with van der Waals surface area (Å²) in [5, 5.41) is 0. The summed E-state index contributed by atoms with van der Waals surface area (Å²) in [4.78, 5) is 11.1. The lowest BCUT2D eigenvalue weighted by Gasteiger charge is -2.16. The molecule has 0 aromatic heterocycles. The fourth-order valence-electron chi connectivity index (χ4n) is 1.36. The van der Waals surface area contributed by atoms with Crippen LogP contribution in [0.5, 0.6) is 5.75 Å². The van der Waals surface area contributed by atoms with Crippen molar-refractivity contribution in [3.05, 3.63) is 23.8 Å². The van der Waals surface area contributed by atoms with Crippen molar-refractivity contribution in [2.24, 2.45) is 0 Å². The van der Waals surface area contributed by atoms with Gasteiger partial charge in [-0.15, -0.1) is 0 Å². The minimum atomic E-state index is -2.23. The van der Waals surface area contributed by atoms with Crippen molar-refractivity contribution in [3.63, 3.8) is 0 Å². The van der Waals surface area contributed by atoms with E-state index in [1.165, 1.54) is 18.2 Å². The Hall–Kier alpha value is -1.20. The third-order valence-electron chi connectivity index (χ3n) is 2.05. The second kappa shape index (κ2) is 3.51. The second-order valence-electron chi connectivity index (χ2n) is 2.98. The van der Waals surface area contributed by atoms with Gasteiger partial charge in [-0.3, -0.25) is 9.00 Å². The van der Waals surface area contributed by atoms with Gasteiger partial charge in [-0.25, -0.2) is 0 Å². The Bertz CT molecular complexity index is 413. The molecule has 1 aliphatic heterocycles. The van der Waals surface area contributed by atoms with E-state index in [4.69, 9.17) is 4.74 Å². The van der Waals surface area contributed by atoms with Crippen LogP contribution in [-0.2, 0) is 22.3 Å². The number of benzene rings is 1. The van der Waals surface area contributed by atoms with Gasteiger partial charge in [0.15, 0.2) is 0 Å². The highest BCUT2D eigenvalue weighted by molar-refractivity contribution is 7.79. The summed E-state index contributed by atoms with van der Waals surface area (Å²) in [6, 6.07) is 4.46. The zero-order valence-corrected chi connectivity index (χ0v) is 8.00. The Balaban J connectivity index is 2.41. The number of hydrogen-bond donors (Lipinski definition) is 0. The van der Waals surface area contributed by atoms with E-state index in [-0.39, 0.29) is 10.9 Å². The highest BCUT2D eigenvalue weighted by Crippen LogP contribution is 2.26. The highest BCUT2D eigenvalue weighted by atomic mass is 32.2. The lowest BCUT2D eigenvalue weighted by Crippen LogP contribution is -2.15. The fraction of sp³-hybridized carbons (Fsp3) is 0.222. The van der Waals surface area contributed by atoms with Gasteiger partial charge >= 0.3 is 5.97 Å². The average Bonchev–Trinajstić information content (AvgIpc) is 2.16. The van der Waals surface area contributed by atoms with Crippen molar-refractivity contribution in [1.82, 2.24) is 0 Å². The van der Waals surface area contributed by atoms with E-state index in [1.54, 1.807) is 0 Å². The van der Waals surface area contributed by atoms with Gasteiger partial charge in [0.25, 0.3) is 0 Å². The quantitative estimate of drug-likeness (QED) is 0.391. The number of rotatable bonds is 1. The van der Waals surface area contributed by atoms with Gasteiger partial charge in [0, 0.05) is 4.90 Å². The number of ether oxygens (including phenoxy) is 1. The minimum absolute atomic E-state index is 0.224. The lowest BCUT2D eigenvalue weighted by atomic mass is 10.1. The molecule has 74 valence electrons. The lowest BCUT2D eigenvalue weighted by molar-refractivity contribution is -0.135. The second-order valence-corrected chi connectivity index (χ2v) is 3.92.